The largest absolute Gasteiger partial charge is 0.0880 e. The molecule has 0 heteroatoms. The summed E-state index contributed by atoms with van der Waals surface area (Å²) in [6.45, 7) is 5.14. The Hall–Kier alpha value is -0.780. The SMILES string of the molecule is C[C@H](/C=C/CC1CC1)[C@H]1CC[C@H]2/C(=C/C=C3CCCCC3)CCC[C@]12C. The van der Waals surface area contributed by atoms with E-state index >= 15 is 0 Å². The van der Waals surface area contributed by atoms with Gasteiger partial charge < -0.3 is 0 Å². The van der Waals surface area contributed by atoms with Gasteiger partial charge in [0.25, 0.3) is 0 Å². The van der Waals surface area contributed by atoms with Crippen LogP contribution in [0.25, 0.3) is 0 Å². The van der Waals surface area contributed by atoms with Crippen molar-refractivity contribution in [1.82, 2.24) is 0 Å². The quantitative estimate of drug-likeness (QED) is 0.439. The molecule has 0 heterocycles. The molecule has 0 unspecified atom stereocenters. The van der Waals surface area contributed by atoms with E-state index in [1.165, 1.54) is 83.5 Å². The summed E-state index contributed by atoms with van der Waals surface area (Å²) >= 11 is 0. The van der Waals surface area contributed by atoms with E-state index in [-0.39, 0.29) is 0 Å². The highest BCUT2D eigenvalue weighted by molar-refractivity contribution is 5.25. The average Bonchev–Trinajstić information content (AvgIpc) is 3.40. The van der Waals surface area contributed by atoms with Crippen molar-refractivity contribution >= 4 is 0 Å². The summed E-state index contributed by atoms with van der Waals surface area (Å²) in [4.78, 5) is 0. The first kappa shape index (κ1) is 18.6. The third-order valence-corrected chi connectivity index (χ3v) is 8.31. The molecule has 4 atom stereocenters. The maximum atomic E-state index is 2.64. The summed E-state index contributed by atoms with van der Waals surface area (Å²) < 4.78 is 0. The Balaban J connectivity index is 1.44. The van der Waals surface area contributed by atoms with Gasteiger partial charge in [0.2, 0.25) is 0 Å². The monoisotopic (exact) mass is 352 g/mol. The van der Waals surface area contributed by atoms with Crippen molar-refractivity contribution in [3.8, 4) is 0 Å². The second kappa shape index (κ2) is 8.07. The molecular weight excluding hydrogens is 312 g/mol. The summed E-state index contributed by atoms with van der Waals surface area (Å²) in [6.07, 6.45) is 28.6. The number of hydrogen-bond acceptors (Lipinski definition) is 0. The molecule has 4 aliphatic carbocycles. The van der Waals surface area contributed by atoms with E-state index in [2.05, 4.69) is 38.2 Å². The Morgan fingerprint density at radius 1 is 0.962 bits per heavy atom. The molecule has 0 N–H and O–H groups in total. The van der Waals surface area contributed by atoms with Crippen molar-refractivity contribution < 1.29 is 0 Å². The topological polar surface area (TPSA) is 0 Å². The Kier molecular flexibility index (Phi) is 5.77. The van der Waals surface area contributed by atoms with Crippen molar-refractivity contribution in [2.75, 3.05) is 0 Å². The molecule has 4 rings (SSSR count). The van der Waals surface area contributed by atoms with Gasteiger partial charge in [-0.15, -0.1) is 0 Å². The van der Waals surface area contributed by atoms with Gasteiger partial charge in [0.1, 0.15) is 0 Å². The molecule has 144 valence electrons. The van der Waals surface area contributed by atoms with Gasteiger partial charge in [0, 0.05) is 0 Å². The molecule has 0 nitrogen and oxygen atoms in total. The first-order valence-corrected chi connectivity index (χ1v) is 11.7. The van der Waals surface area contributed by atoms with E-state index in [1.54, 1.807) is 11.1 Å². The molecule has 4 aliphatic rings. The predicted octanol–water partition coefficient (Wildman–Crippen LogP) is 8.01. The molecule has 0 amide bonds. The minimum atomic E-state index is 0.554. The molecule has 4 saturated carbocycles. The predicted molar refractivity (Wildman–Crippen MR) is 113 cm³/mol. The van der Waals surface area contributed by atoms with E-state index in [0.29, 0.717) is 5.41 Å². The van der Waals surface area contributed by atoms with Crippen LogP contribution in [0, 0.1) is 29.1 Å². The van der Waals surface area contributed by atoms with Crippen molar-refractivity contribution in [2.45, 2.75) is 97.3 Å². The van der Waals surface area contributed by atoms with E-state index in [9.17, 15) is 0 Å². The van der Waals surface area contributed by atoms with Crippen LogP contribution in [0.5, 0.6) is 0 Å². The van der Waals surface area contributed by atoms with Crippen LogP contribution in [-0.4, -0.2) is 0 Å². The highest BCUT2D eigenvalue weighted by atomic mass is 14.5. The normalized spacial score (nSPS) is 37.9. The number of rotatable bonds is 5. The lowest BCUT2D eigenvalue weighted by Gasteiger charge is -2.44. The molecule has 0 bridgehead atoms. The number of fused-ring (bicyclic) bond motifs is 1. The summed E-state index contributed by atoms with van der Waals surface area (Å²) in [5.74, 6) is 3.55. The molecule has 4 fully saturated rings. The fraction of sp³-hybridized carbons (Fsp3) is 0.769. The standard InChI is InChI=1S/C26H40/c1-20(8-6-11-22-13-14-22)24-17-18-25-23(12-7-19-26(24,25)2)16-15-21-9-4-3-5-10-21/h6,8,15-16,20,22,24-25H,3-5,7,9-14,17-19H2,1-2H3/b8-6+,23-16+/t20-,24-,25+,26-/m1/s1. The van der Waals surface area contributed by atoms with E-state index in [1.807, 2.05) is 0 Å². The Bertz CT molecular complexity index is 565. The van der Waals surface area contributed by atoms with Crippen molar-refractivity contribution in [3.05, 3.63) is 35.5 Å². The molecule has 0 aromatic heterocycles. The first-order valence-electron chi connectivity index (χ1n) is 11.7. The van der Waals surface area contributed by atoms with Crippen LogP contribution in [0.15, 0.2) is 35.5 Å². The van der Waals surface area contributed by atoms with Gasteiger partial charge in [0.05, 0.1) is 0 Å². The van der Waals surface area contributed by atoms with Gasteiger partial charge in [-0.2, -0.15) is 0 Å². The lowest BCUT2D eigenvalue weighted by molar-refractivity contribution is 0.112. The summed E-state index contributed by atoms with van der Waals surface area (Å²) in [7, 11) is 0. The van der Waals surface area contributed by atoms with Gasteiger partial charge in [-0.1, -0.05) is 55.7 Å². The van der Waals surface area contributed by atoms with Gasteiger partial charge in [-0.25, -0.2) is 0 Å². The van der Waals surface area contributed by atoms with E-state index in [0.717, 1.165) is 23.7 Å². The summed E-state index contributed by atoms with van der Waals surface area (Å²) in [6, 6.07) is 0. The Morgan fingerprint density at radius 3 is 2.54 bits per heavy atom. The number of hydrogen-bond donors (Lipinski definition) is 0. The van der Waals surface area contributed by atoms with Crippen LogP contribution in [0.1, 0.15) is 97.3 Å². The van der Waals surface area contributed by atoms with E-state index in [4.69, 9.17) is 0 Å². The molecule has 0 aromatic rings. The fourth-order valence-electron chi connectivity index (χ4n) is 6.51. The van der Waals surface area contributed by atoms with Crippen LogP contribution >= 0.6 is 0 Å². The minimum absolute atomic E-state index is 0.554. The van der Waals surface area contributed by atoms with Crippen molar-refractivity contribution in [1.29, 1.82) is 0 Å². The minimum Gasteiger partial charge on any atom is -0.0880 e. The second-order valence-electron chi connectivity index (χ2n) is 10.2. The Labute approximate surface area is 162 Å². The van der Waals surface area contributed by atoms with Gasteiger partial charge in [-0.3, -0.25) is 0 Å². The van der Waals surface area contributed by atoms with Gasteiger partial charge >= 0.3 is 0 Å². The van der Waals surface area contributed by atoms with Gasteiger partial charge in [0.15, 0.2) is 0 Å². The number of allylic oxidation sites excluding steroid dienone is 6. The molecule has 0 aromatic carbocycles. The average molecular weight is 353 g/mol. The van der Waals surface area contributed by atoms with Crippen LogP contribution in [0.3, 0.4) is 0 Å². The fourth-order valence-corrected chi connectivity index (χ4v) is 6.51. The molecule has 0 radical (unpaired) electrons. The maximum Gasteiger partial charge on any atom is -0.0143 e. The zero-order valence-electron chi connectivity index (χ0n) is 17.3. The van der Waals surface area contributed by atoms with Gasteiger partial charge in [-0.05, 0) is 106 Å². The maximum absolute atomic E-state index is 2.64. The van der Waals surface area contributed by atoms with Crippen LogP contribution in [-0.2, 0) is 0 Å². The first-order chi connectivity index (χ1) is 12.7. The summed E-state index contributed by atoms with van der Waals surface area (Å²) in [5, 5.41) is 0. The van der Waals surface area contributed by atoms with Crippen LogP contribution in [0.2, 0.25) is 0 Å². The van der Waals surface area contributed by atoms with Crippen LogP contribution in [0.4, 0.5) is 0 Å². The lowest BCUT2D eigenvalue weighted by Crippen LogP contribution is -2.35. The zero-order chi connectivity index (χ0) is 18.0. The highest BCUT2D eigenvalue weighted by Crippen LogP contribution is 2.59. The smallest absolute Gasteiger partial charge is 0.0143 e. The molecule has 0 aliphatic heterocycles. The van der Waals surface area contributed by atoms with Crippen molar-refractivity contribution in [2.24, 2.45) is 29.1 Å². The third kappa shape index (κ3) is 4.05. The summed E-state index contributed by atoms with van der Waals surface area (Å²) in [5.41, 5.74) is 4.08. The second-order valence-corrected chi connectivity index (χ2v) is 10.2. The third-order valence-electron chi connectivity index (χ3n) is 8.31. The molecule has 0 saturated heterocycles. The molecule has 0 spiro atoms. The van der Waals surface area contributed by atoms with Crippen LogP contribution < -0.4 is 0 Å². The van der Waals surface area contributed by atoms with Crippen molar-refractivity contribution in [3.63, 3.8) is 0 Å². The highest BCUT2D eigenvalue weighted by Gasteiger charge is 2.50. The molecule has 26 heavy (non-hydrogen) atoms. The Morgan fingerprint density at radius 2 is 1.77 bits per heavy atom. The lowest BCUT2D eigenvalue weighted by atomic mass is 9.61. The molecular formula is C26H40. The zero-order valence-corrected chi connectivity index (χ0v) is 17.3. The van der Waals surface area contributed by atoms with E-state index < -0.39 is 0 Å².